The maximum absolute atomic E-state index is 9.34. The Morgan fingerprint density at radius 3 is 2.57 bits per heavy atom. The first-order valence-corrected chi connectivity index (χ1v) is 7.84. The van der Waals surface area contributed by atoms with Crippen LogP contribution in [0.4, 0.5) is 0 Å². The van der Waals surface area contributed by atoms with Crippen molar-refractivity contribution in [3.8, 4) is 11.5 Å². The van der Waals surface area contributed by atoms with Gasteiger partial charge in [-0.05, 0) is 42.7 Å². The minimum absolute atomic E-state index is 0.105. The van der Waals surface area contributed by atoms with Crippen molar-refractivity contribution in [2.24, 2.45) is 0 Å². The molecule has 0 amide bonds. The average Bonchev–Trinajstić information content (AvgIpc) is 2.55. The van der Waals surface area contributed by atoms with E-state index in [1.165, 1.54) is 4.90 Å². The van der Waals surface area contributed by atoms with Crippen molar-refractivity contribution in [1.82, 2.24) is 4.98 Å². The van der Waals surface area contributed by atoms with Gasteiger partial charge in [-0.2, -0.15) is 0 Å². The molecule has 0 unspecified atom stereocenters. The van der Waals surface area contributed by atoms with Gasteiger partial charge >= 0.3 is 0 Å². The number of benzene rings is 2. The van der Waals surface area contributed by atoms with Crippen LogP contribution in [0, 0.1) is 0 Å². The molecule has 0 spiro atoms. The maximum atomic E-state index is 9.34. The average molecular weight is 297 g/mol. The minimum atomic E-state index is -0.105. The number of para-hydroxylation sites is 1. The van der Waals surface area contributed by atoms with Crippen LogP contribution in [-0.4, -0.2) is 16.3 Å². The first-order chi connectivity index (χ1) is 10.3. The van der Waals surface area contributed by atoms with Gasteiger partial charge in [0.2, 0.25) is 0 Å². The van der Waals surface area contributed by atoms with Gasteiger partial charge in [-0.1, -0.05) is 12.1 Å². The topological polar surface area (TPSA) is 42.4 Å². The number of rotatable bonds is 4. The van der Waals surface area contributed by atoms with E-state index >= 15 is 0 Å². The highest BCUT2D eigenvalue weighted by molar-refractivity contribution is 7.98. The van der Waals surface area contributed by atoms with Crippen LogP contribution >= 0.6 is 11.8 Å². The molecule has 0 aliphatic heterocycles. The highest BCUT2D eigenvalue weighted by Gasteiger charge is 2.07. The van der Waals surface area contributed by atoms with Crippen LogP contribution in [0.1, 0.15) is 5.69 Å². The lowest BCUT2D eigenvalue weighted by atomic mass is 10.2. The van der Waals surface area contributed by atoms with Gasteiger partial charge in [0.05, 0.1) is 17.8 Å². The summed E-state index contributed by atoms with van der Waals surface area (Å²) in [6.45, 7) is -0.105. The van der Waals surface area contributed by atoms with Crippen molar-refractivity contribution in [2.75, 3.05) is 6.26 Å². The Kier molecular flexibility index (Phi) is 4.08. The second-order valence-corrected chi connectivity index (χ2v) is 5.44. The van der Waals surface area contributed by atoms with Gasteiger partial charge < -0.3 is 9.84 Å². The predicted octanol–water partition coefficient (Wildman–Crippen LogP) is 4.24. The van der Waals surface area contributed by atoms with Crippen molar-refractivity contribution in [3.05, 3.63) is 60.3 Å². The molecule has 0 aliphatic rings. The number of hydrogen-bond acceptors (Lipinski definition) is 4. The SMILES string of the molecule is CSc1ccc(Oc2cc(CO)nc3ccccc23)cc1. The van der Waals surface area contributed by atoms with Crippen molar-refractivity contribution in [3.63, 3.8) is 0 Å². The van der Waals surface area contributed by atoms with E-state index in [1.807, 2.05) is 54.8 Å². The molecule has 3 nitrogen and oxygen atoms in total. The monoisotopic (exact) mass is 297 g/mol. The molecular weight excluding hydrogens is 282 g/mol. The third-order valence-electron chi connectivity index (χ3n) is 3.18. The fourth-order valence-electron chi connectivity index (χ4n) is 2.13. The zero-order valence-electron chi connectivity index (χ0n) is 11.6. The summed E-state index contributed by atoms with van der Waals surface area (Å²) in [6, 6.07) is 17.5. The molecule has 4 heteroatoms. The highest BCUT2D eigenvalue weighted by atomic mass is 32.2. The fraction of sp³-hybridized carbons (Fsp3) is 0.118. The number of fused-ring (bicyclic) bond motifs is 1. The number of ether oxygens (including phenoxy) is 1. The zero-order valence-corrected chi connectivity index (χ0v) is 12.4. The molecular formula is C17H15NO2S. The molecule has 3 aromatic rings. The zero-order chi connectivity index (χ0) is 14.7. The van der Waals surface area contributed by atoms with E-state index < -0.39 is 0 Å². The predicted molar refractivity (Wildman–Crippen MR) is 86.0 cm³/mol. The van der Waals surface area contributed by atoms with Crippen molar-refractivity contribution >= 4 is 22.7 Å². The third kappa shape index (κ3) is 3.01. The normalized spacial score (nSPS) is 10.8. The van der Waals surface area contributed by atoms with Crippen LogP contribution in [0.2, 0.25) is 0 Å². The lowest BCUT2D eigenvalue weighted by molar-refractivity contribution is 0.277. The molecule has 0 saturated carbocycles. The van der Waals surface area contributed by atoms with Gasteiger partial charge in [0.25, 0.3) is 0 Å². The number of aliphatic hydroxyl groups is 1. The van der Waals surface area contributed by atoms with E-state index in [1.54, 1.807) is 17.8 Å². The second-order valence-electron chi connectivity index (χ2n) is 4.56. The molecule has 0 aliphatic carbocycles. The Morgan fingerprint density at radius 1 is 1.10 bits per heavy atom. The molecule has 0 atom stereocenters. The van der Waals surface area contributed by atoms with Gasteiger partial charge in [0, 0.05) is 16.3 Å². The fourth-order valence-corrected chi connectivity index (χ4v) is 2.54. The molecule has 1 heterocycles. The summed E-state index contributed by atoms with van der Waals surface area (Å²) in [7, 11) is 0. The summed E-state index contributed by atoms with van der Waals surface area (Å²) in [5.41, 5.74) is 1.42. The molecule has 106 valence electrons. The number of thioether (sulfide) groups is 1. The second kappa shape index (κ2) is 6.16. The Bertz CT molecular complexity index is 756. The van der Waals surface area contributed by atoms with E-state index in [4.69, 9.17) is 4.74 Å². The summed E-state index contributed by atoms with van der Waals surface area (Å²) >= 11 is 1.69. The molecule has 0 bridgehead atoms. The lowest BCUT2D eigenvalue weighted by Crippen LogP contribution is -1.94. The van der Waals surface area contributed by atoms with Gasteiger partial charge in [-0.25, -0.2) is 0 Å². The molecule has 0 fully saturated rings. The highest BCUT2D eigenvalue weighted by Crippen LogP contribution is 2.30. The summed E-state index contributed by atoms with van der Waals surface area (Å²) in [5, 5.41) is 10.3. The van der Waals surface area contributed by atoms with Crippen LogP contribution in [0.25, 0.3) is 10.9 Å². The number of hydrogen-bond donors (Lipinski definition) is 1. The van der Waals surface area contributed by atoms with E-state index in [0.717, 1.165) is 16.7 Å². The summed E-state index contributed by atoms with van der Waals surface area (Å²) in [6.07, 6.45) is 2.04. The van der Waals surface area contributed by atoms with Gasteiger partial charge in [-0.3, -0.25) is 4.98 Å². The Morgan fingerprint density at radius 2 is 1.86 bits per heavy atom. The van der Waals surface area contributed by atoms with Gasteiger partial charge in [-0.15, -0.1) is 11.8 Å². The molecule has 21 heavy (non-hydrogen) atoms. The van der Waals surface area contributed by atoms with Crippen molar-refractivity contribution in [1.29, 1.82) is 0 Å². The molecule has 0 radical (unpaired) electrons. The van der Waals surface area contributed by atoms with Crippen LogP contribution < -0.4 is 4.74 Å². The van der Waals surface area contributed by atoms with Gasteiger partial charge in [0.1, 0.15) is 11.5 Å². The van der Waals surface area contributed by atoms with Crippen molar-refractivity contribution < 1.29 is 9.84 Å². The first-order valence-electron chi connectivity index (χ1n) is 6.61. The molecule has 2 aromatic carbocycles. The number of aliphatic hydroxyl groups excluding tert-OH is 1. The number of nitrogens with zero attached hydrogens (tertiary/aromatic N) is 1. The summed E-state index contributed by atoms with van der Waals surface area (Å²) in [5.74, 6) is 1.48. The summed E-state index contributed by atoms with van der Waals surface area (Å²) < 4.78 is 5.97. The molecule has 3 rings (SSSR count). The molecule has 0 saturated heterocycles. The van der Waals surface area contributed by atoms with Crippen LogP contribution in [0.3, 0.4) is 0 Å². The van der Waals surface area contributed by atoms with E-state index in [0.29, 0.717) is 11.4 Å². The maximum Gasteiger partial charge on any atom is 0.138 e. The van der Waals surface area contributed by atoms with Crippen LogP contribution in [0.5, 0.6) is 11.5 Å². The Labute approximate surface area is 127 Å². The van der Waals surface area contributed by atoms with Gasteiger partial charge in [0.15, 0.2) is 0 Å². The molecule has 1 aromatic heterocycles. The third-order valence-corrected chi connectivity index (χ3v) is 3.92. The van der Waals surface area contributed by atoms with E-state index in [9.17, 15) is 5.11 Å². The largest absolute Gasteiger partial charge is 0.457 e. The van der Waals surface area contributed by atoms with E-state index in [2.05, 4.69) is 4.98 Å². The quantitative estimate of drug-likeness (QED) is 0.731. The molecule has 1 N–H and O–H groups in total. The minimum Gasteiger partial charge on any atom is -0.457 e. The number of pyridine rings is 1. The smallest absolute Gasteiger partial charge is 0.138 e. The van der Waals surface area contributed by atoms with Crippen LogP contribution in [0.15, 0.2) is 59.5 Å². The Balaban J connectivity index is 2.01. The van der Waals surface area contributed by atoms with Crippen LogP contribution in [-0.2, 0) is 6.61 Å². The number of aromatic nitrogens is 1. The lowest BCUT2D eigenvalue weighted by Gasteiger charge is -2.10. The van der Waals surface area contributed by atoms with E-state index in [-0.39, 0.29) is 6.61 Å². The standard InChI is InChI=1S/C17H15NO2S/c1-21-14-8-6-13(7-9-14)20-17-10-12(11-19)18-16-5-3-2-4-15(16)17/h2-10,19H,11H2,1H3. The van der Waals surface area contributed by atoms with Crippen molar-refractivity contribution in [2.45, 2.75) is 11.5 Å². The first kappa shape index (κ1) is 13.9. The Hall–Kier alpha value is -2.04. The summed E-state index contributed by atoms with van der Waals surface area (Å²) in [4.78, 5) is 5.58.